The van der Waals surface area contributed by atoms with E-state index in [4.69, 9.17) is 9.47 Å². The van der Waals surface area contributed by atoms with Crippen LogP contribution in [0.4, 0.5) is 0 Å². The number of ether oxygens (including phenoxy) is 2. The highest BCUT2D eigenvalue weighted by Crippen LogP contribution is 2.36. The van der Waals surface area contributed by atoms with E-state index >= 15 is 0 Å². The number of hydrogen-bond donors (Lipinski definition) is 0. The van der Waals surface area contributed by atoms with E-state index < -0.39 is 9.84 Å². The van der Waals surface area contributed by atoms with Crippen molar-refractivity contribution in [3.8, 4) is 0 Å². The summed E-state index contributed by atoms with van der Waals surface area (Å²) in [6.45, 7) is 3.28. The molecule has 5 heteroatoms. The monoisotopic (exact) mass is 278 g/mol. The van der Waals surface area contributed by atoms with Crippen LogP contribution >= 0.6 is 0 Å². The predicted octanol–water partition coefficient (Wildman–Crippen LogP) is 2.03. The first-order valence-corrected chi connectivity index (χ1v) is 8.76. The normalized spacial score (nSPS) is 29.4. The average molecular weight is 278 g/mol. The summed E-state index contributed by atoms with van der Waals surface area (Å²) in [7, 11) is -1.12. The topological polar surface area (TPSA) is 52.6 Å². The molecule has 1 rings (SSSR count). The largest absolute Gasteiger partial charge is 0.378 e. The van der Waals surface area contributed by atoms with Crippen molar-refractivity contribution in [3.05, 3.63) is 0 Å². The second kappa shape index (κ2) is 6.87. The maximum atomic E-state index is 11.0. The number of sulfone groups is 1. The highest BCUT2D eigenvalue weighted by molar-refractivity contribution is 7.90. The first kappa shape index (κ1) is 15.9. The van der Waals surface area contributed by atoms with Crippen LogP contribution in [0.1, 0.15) is 39.0 Å². The van der Waals surface area contributed by atoms with Gasteiger partial charge in [0.05, 0.1) is 18.0 Å². The Bertz CT molecular complexity index is 339. The van der Waals surface area contributed by atoms with E-state index in [1.165, 1.54) is 25.5 Å². The first-order valence-electron chi connectivity index (χ1n) is 6.70. The minimum atomic E-state index is -2.87. The lowest BCUT2D eigenvalue weighted by molar-refractivity contribution is -0.125. The molecule has 0 N–H and O–H groups in total. The summed E-state index contributed by atoms with van der Waals surface area (Å²) < 4.78 is 33.3. The molecule has 0 saturated heterocycles. The minimum absolute atomic E-state index is 0.163. The standard InChI is InChI=1S/C13H26O4S/c1-12-7-4-5-8-13(12,16-2)11-17-9-6-10-18(3,14)15/h12H,4-11H2,1-3H3. The molecular formula is C13H26O4S. The van der Waals surface area contributed by atoms with Gasteiger partial charge in [0.25, 0.3) is 0 Å². The lowest BCUT2D eigenvalue weighted by Gasteiger charge is -2.41. The van der Waals surface area contributed by atoms with Crippen LogP contribution in [-0.2, 0) is 19.3 Å². The number of hydrogen-bond acceptors (Lipinski definition) is 4. The zero-order chi connectivity index (χ0) is 13.6. The molecule has 0 aromatic carbocycles. The van der Waals surface area contributed by atoms with Crippen molar-refractivity contribution in [1.82, 2.24) is 0 Å². The van der Waals surface area contributed by atoms with E-state index in [2.05, 4.69) is 6.92 Å². The van der Waals surface area contributed by atoms with Crippen molar-refractivity contribution in [2.45, 2.75) is 44.6 Å². The second-order valence-electron chi connectivity index (χ2n) is 5.45. The van der Waals surface area contributed by atoms with Gasteiger partial charge >= 0.3 is 0 Å². The third-order valence-corrected chi connectivity index (χ3v) is 4.97. The molecule has 0 aromatic rings. The van der Waals surface area contributed by atoms with Gasteiger partial charge in [-0.05, 0) is 25.2 Å². The number of methoxy groups -OCH3 is 1. The Morgan fingerprint density at radius 1 is 1.33 bits per heavy atom. The molecule has 18 heavy (non-hydrogen) atoms. The highest BCUT2D eigenvalue weighted by Gasteiger charge is 2.38. The maximum absolute atomic E-state index is 11.0. The molecule has 1 aliphatic rings. The molecule has 0 radical (unpaired) electrons. The molecule has 2 atom stereocenters. The zero-order valence-corrected chi connectivity index (χ0v) is 12.6. The van der Waals surface area contributed by atoms with Crippen molar-refractivity contribution >= 4 is 9.84 Å². The Hall–Kier alpha value is -0.130. The van der Waals surface area contributed by atoms with Crippen molar-refractivity contribution < 1.29 is 17.9 Å². The van der Waals surface area contributed by atoms with E-state index in [9.17, 15) is 8.42 Å². The minimum Gasteiger partial charge on any atom is -0.378 e. The molecule has 0 aromatic heterocycles. The smallest absolute Gasteiger partial charge is 0.147 e. The van der Waals surface area contributed by atoms with Gasteiger partial charge in [0, 0.05) is 20.0 Å². The summed E-state index contributed by atoms with van der Waals surface area (Å²) in [5.41, 5.74) is -0.163. The van der Waals surface area contributed by atoms with Crippen LogP contribution in [0.2, 0.25) is 0 Å². The highest BCUT2D eigenvalue weighted by atomic mass is 32.2. The van der Waals surface area contributed by atoms with E-state index in [0.717, 1.165) is 6.42 Å². The molecule has 0 spiro atoms. The van der Waals surface area contributed by atoms with Crippen LogP contribution < -0.4 is 0 Å². The lowest BCUT2D eigenvalue weighted by atomic mass is 9.77. The molecule has 1 aliphatic carbocycles. The van der Waals surface area contributed by atoms with Crippen LogP contribution in [0.15, 0.2) is 0 Å². The van der Waals surface area contributed by atoms with E-state index in [-0.39, 0.29) is 11.4 Å². The van der Waals surface area contributed by atoms with Gasteiger partial charge in [0.2, 0.25) is 0 Å². The quantitative estimate of drug-likeness (QED) is 0.669. The van der Waals surface area contributed by atoms with Crippen LogP contribution in [0.3, 0.4) is 0 Å². The summed E-state index contributed by atoms with van der Waals surface area (Å²) >= 11 is 0. The molecule has 4 nitrogen and oxygen atoms in total. The SMILES string of the molecule is COC1(COCCCS(C)(=O)=O)CCCCC1C. The van der Waals surface area contributed by atoms with Crippen LogP contribution in [0.25, 0.3) is 0 Å². The number of rotatable bonds is 7. The van der Waals surface area contributed by atoms with Gasteiger partial charge < -0.3 is 9.47 Å². The van der Waals surface area contributed by atoms with Crippen LogP contribution in [0.5, 0.6) is 0 Å². The summed E-state index contributed by atoms with van der Waals surface area (Å²) in [5.74, 6) is 0.703. The van der Waals surface area contributed by atoms with Gasteiger partial charge in [-0.3, -0.25) is 0 Å². The second-order valence-corrected chi connectivity index (χ2v) is 7.71. The molecule has 1 saturated carbocycles. The van der Waals surface area contributed by atoms with E-state index in [1.807, 2.05) is 0 Å². The van der Waals surface area contributed by atoms with Gasteiger partial charge in [-0.25, -0.2) is 8.42 Å². The molecule has 0 aliphatic heterocycles. The van der Waals surface area contributed by atoms with Gasteiger partial charge in [-0.1, -0.05) is 19.8 Å². The zero-order valence-electron chi connectivity index (χ0n) is 11.8. The Balaban J connectivity index is 2.31. The fourth-order valence-electron chi connectivity index (χ4n) is 2.63. The molecule has 1 fully saturated rings. The third-order valence-electron chi connectivity index (χ3n) is 3.94. The molecule has 0 bridgehead atoms. The van der Waals surface area contributed by atoms with Crippen molar-refractivity contribution in [3.63, 3.8) is 0 Å². The Morgan fingerprint density at radius 2 is 2.06 bits per heavy atom. The van der Waals surface area contributed by atoms with Gasteiger partial charge in [-0.2, -0.15) is 0 Å². The molecule has 108 valence electrons. The first-order chi connectivity index (χ1) is 8.40. The Morgan fingerprint density at radius 3 is 2.61 bits per heavy atom. The molecule has 0 heterocycles. The molecule has 0 amide bonds. The van der Waals surface area contributed by atoms with E-state index in [0.29, 0.717) is 25.6 Å². The average Bonchev–Trinajstić information content (AvgIpc) is 2.30. The van der Waals surface area contributed by atoms with Gasteiger partial charge in [0.1, 0.15) is 9.84 Å². The van der Waals surface area contributed by atoms with E-state index in [1.54, 1.807) is 7.11 Å². The van der Waals surface area contributed by atoms with Crippen LogP contribution in [-0.4, -0.2) is 46.4 Å². The summed E-state index contributed by atoms with van der Waals surface area (Å²) in [6, 6.07) is 0. The molecule has 2 unspecified atom stereocenters. The van der Waals surface area contributed by atoms with Gasteiger partial charge in [-0.15, -0.1) is 0 Å². The predicted molar refractivity (Wildman–Crippen MR) is 72.5 cm³/mol. The van der Waals surface area contributed by atoms with Crippen molar-refractivity contribution in [2.24, 2.45) is 5.92 Å². The Kier molecular flexibility index (Phi) is 6.08. The fraction of sp³-hybridized carbons (Fsp3) is 1.00. The summed E-state index contributed by atoms with van der Waals surface area (Å²) in [4.78, 5) is 0. The maximum Gasteiger partial charge on any atom is 0.147 e. The van der Waals surface area contributed by atoms with Crippen molar-refractivity contribution in [1.29, 1.82) is 0 Å². The Labute approximate surface area is 111 Å². The van der Waals surface area contributed by atoms with Gasteiger partial charge in [0.15, 0.2) is 0 Å². The summed E-state index contributed by atoms with van der Waals surface area (Å²) in [6.07, 6.45) is 6.49. The fourth-order valence-corrected chi connectivity index (χ4v) is 3.27. The van der Waals surface area contributed by atoms with Crippen LogP contribution in [0, 0.1) is 5.92 Å². The third kappa shape index (κ3) is 4.86. The summed E-state index contributed by atoms with van der Waals surface area (Å²) in [5, 5.41) is 0. The van der Waals surface area contributed by atoms with Crippen molar-refractivity contribution in [2.75, 3.05) is 32.3 Å². The molecular weight excluding hydrogens is 252 g/mol. The lowest BCUT2D eigenvalue weighted by Crippen LogP contribution is -2.45.